The largest absolute Gasteiger partial charge is 0.394 e. The average molecular weight is 802 g/mol. The fourth-order valence-corrected chi connectivity index (χ4v) is 5.36. The van der Waals surface area contributed by atoms with Gasteiger partial charge in [0.2, 0.25) is 11.8 Å². The van der Waals surface area contributed by atoms with Crippen molar-refractivity contribution in [1.29, 1.82) is 0 Å². The molecule has 2 rings (SSSR count). The predicted octanol–water partition coefficient (Wildman–Crippen LogP) is 1.96. The summed E-state index contributed by atoms with van der Waals surface area (Å²) in [5.74, 6) is -0.142. The van der Waals surface area contributed by atoms with Crippen LogP contribution < -0.4 is 16.0 Å². The van der Waals surface area contributed by atoms with Gasteiger partial charge in [-0.1, -0.05) is 18.6 Å². The molecule has 56 heavy (non-hydrogen) atoms. The second-order valence-electron chi connectivity index (χ2n) is 14.6. The molecule has 0 aromatic heterocycles. The third-order valence-corrected chi connectivity index (χ3v) is 8.46. The molecule has 16 heteroatoms. The minimum absolute atomic E-state index is 0.0686. The van der Waals surface area contributed by atoms with Gasteiger partial charge in [-0.15, -0.1) is 0 Å². The van der Waals surface area contributed by atoms with Crippen LogP contribution in [-0.2, 0) is 53.9 Å². The van der Waals surface area contributed by atoms with Crippen molar-refractivity contribution in [2.24, 2.45) is 0 Å². The lowest BCUT2D eigenvalue weighted by molar-refractivity contribution is -0.270. The molecule has 0 radical (unpaired) electrons. The Bertz CT molecular complexity index is 1130. The Morgan fingerprint density at radius 3 is 1.89 bits per heavy atom. The number of anilines is 1. The zero-order chi connectivity index (χ0) is 40.7. The molecule has 0 saturated carbocycles. The molecule has 0 spiro atoms. The van der Waals surface area contributed by atoms with Crippen molar-refractivity contribution < 1.29 is 62.8 Å². The first-order chi connectivity index (χ1) is 27.1. The smallest absolute Gasteiger partial charge is 0.224 e. The molecular weight excluding hydrogens is 730 g/mol. The van der Waals surface area contributed by atoms with Crippen molar-refractivity contribution in [3.63, 3.8) is 0 Å². The van der Waals surface area contributed by atoms with Gasteiger partial charge < -0.3 is 69.2 Å². The molecule has 1 aliphatic rings. The number of benzene rings is 1. The number of hydrogen-bond acceptors (Lipinski definition) is 14. The van der Waals surface area contributed by atoms with E-state index in [4.69, 9.17) is 37.9 Å². The molecular formula is C40H71N3O13. The van der Waals surface area contributed by atoms with E-state index in [1.807, 2.05) is 24.3 Å². The Hall–Kier alpha value is -2.32. The van der Waals surface area contributed by atoms with Crippen LogP contribution in [0.5, 0.6) is 0 Å². The molecule has 2 amide bonds. The number of unbranched alkanes of at least 4 members (excludes halogenated alkanes) is 2. The number of carbonyl (C=O) groups excluding carboxylic acids is 2. The molecule has 3 unspecified atom stereocenters. The molecule has 1 saturated heterocycles. The van der Waals surface area contributed by atoms with Crippen molar-refractivity contribution in [1.82, 2.24) is 10.6 Å². The molecule has 1 aromatic rings. The first-order valence-electron chi connectivity index (χ1n) is 20.2. The topological polar surface area (TPSA) is 205 Å². The first kappa shape index (κ1) is 49.8. The van der Waals surface area contributed by atoms with Crippen molar-refractivity contribution in [2.45, 2.75) is 102 Å². The second kappa shape index (κ2) is 31.6. The predicted molar refractivity (Wildman–Crippen MR) is 210 cm³/mol. The molecule has 324 valence electrons. The van der Waals surface area contributed by atoms with E-state index in [-0.39, 0.29) is 43.4 Å². The highest BCUT2D eigenvalue weighted by molar-refractivity contribution is 5.90. The van der Waals surface area contributed by atoms with Crippen LogP contribution in [0.15, 0.2) is 24.3 Å². The Labute approximate surface area is 333 Å². The lowest BCUT2D eigenvalue weighted by Crippen LogP contribution is -2.50. The summed E-state index contributed by atoms with van der Waals surface area (Å²) in [7, 11) is 0. The summed E-state index contributed by atoms with van der Waals surface area (Å²) in [5, 5.41) is 38.4. The standard InChI is InChI=1S/C40H71N3O13/c1-40(2,3)42-16-21-52-25-22-49-17-7-18-50-23-26-53-28-29-54-27-24-51-19-14-36(46)41-15-6-4-5-8-37(47)43-33-11-9-32(10-12-33)13-20-55-39-38(48)35(45)30-34(31-44)56-39/h9-12,34-35,38-39,42,44-45,48H,4-8,13-31H2,1-3H3,(H,41,46)(H,43,47)/t34?,35?,38-,39?/m1/s1. The van der Waals surface area contributed by atoms with Crippen LogP contribution in [0.2, 0.25) is 0 Å². The van der Waals surface area contributed by atoms with E-state index in [0.29, 0.717) is 111 Å². The molecule has 0 bridgehead atoms. The van der Waals surface area contributed by atoms with Crippen molar-refractivity contribution in [3.05, 3.63) is 29.8 Å². The van der Waals surface area contributed by atoms with Crippen LogP contribution in [-0.4, -0.2) is 163 Å². The van der Waals surface area contributed by atoms with Crippen LogP contribution >= 0.6 is 0 Å². The molecule has 0 aliphatic carbocycles. The molecule has 6 N–H and O–H groups in total. The quantitative estimate of drug-likeness (QED) is 0.0552. The van der Waals surface area contributed by atoms with Crippen molar-refractivity contribution in [2.75, 3.05) is 111 Å². The van der Waals surface area contributed by atoms with Gasteiger partial charge in [0.05, 0.1) is 91.5 Å². The summed E-state index contributed by atoms with van der Waals surface area (Å²) in [4.78, 5) is 24.4. The van der Waals surface area contributed by atoms with Crippen LogP contribution in [0.25, 0.3) is 0 Å². The third-order valence-electron chi connectivity index (χ3n) is 8.46. The highest BCUT2D eigenvalue weighted by atomic mass is 16.7. The monoisotopic (exact) mass is 801 g/mol. The van der Waals surface area contributed by atoms with Gasteiger partial charge >= 0.3 is 0 Å². The van der Waals surface area contributed by atoms with Crippen LogP contribution in [0.3, 0.4) is 0 Å². The summed E-state index contributed by atoms with van der Waals surface area (Å²) in [6, 6.07) is 7.40. The van der Waals surface area contributed by atoms with Gasteiger partial charge in [-0.3, -0.25) is 9.59 Å². The maximum atomic E-state index is 12.4. The molecule has 1 aromatic carbocycles. The van der Waals surface area contributed by atoms with Gasteiger partial charge in [0, 0.05) is 56.8 Å². The number of nitrogens with one attached hydrogen (secondary N) is 3. The Balaban J connectivity index is 1.30. The number of amides is 2. The van der Waals surface area contributed by atoms with E-state index >= 15 is 0 Å². The summed E-state index contributed by atoms with van der Waals surface area (Å²) < 4.78 is 44.2. The zero-order valence-corrected chi connectivity index (χ0v) is 34.0. The molecule has 1 fully saturated rings. The lowest BCUT2D eigenvalue weighted by Gasteiger charge is -2.36. The number of rotatable bonds is 34. The molecule has 1 aliphatic heterocycles. The summed E-state index contributed by atoms with van der Waals surface area (Å²) in [5.41, 5.74) is 1.77. The lowest BCUT2D eigenvalue weighted by atomic mass is 10.0. The number of hydrogen-bond donors (Lipinski definition) is 6. The number of ether oxygens (including phenoxy) is 8. The van der Waals surface area contributed by atoms with Gasteiger partial charge in [-0.2, -0.15) is 0 Å². The zero-order valence-electron chi connectivity index (χ0n) is 34.0. The Kier molecular flexibility index (Phi) is 28.2. The van der Waals surface area contributed by atoms with Crippen LogP contribution in [0.4, 0.5) is 5.69 Å². The summed E-state index contributed by atoms with van der Waals surface area (Å²) in [6.45, 7) is 14.0. The van der Waals surface area contributed by atoms with E-state index in [1.165, 1.54) is 0 Å². The van der Waals surface area contributed by atoms with Crippen LogP contribution in [0.1, 0.15) is 71.3 Å². The van der Waals surface area contributed by atoms with E-state index in [0.717, 1.165) is 31.4 Å². The molecule has 1 heterocycles. The third kappa shape index (κ3) is 26.6. The minimum atomic E-state index is -1.17. The second-order valence-corrected chi connectivity index (χ2v) is 14.6. The average Bonchev–Trinajstić information content (AvgIpc) is 3.16. The minimum Gasteiger partial charge on any atom is -0.394 e. The van der Waals surface area contributed by atoms with E-state index < -0.39 is 24.6 Å². The van der Waals surface area contributed by atoms with Gasteiger partial charge in [-0.05, 0) is 64.2 Å². The van der Waals surface area contributed by atoms with Crippen molar-refractivity contribution in [3.8, 4) is 0 Å². The van der Waals surface area contributed by atoms with Gasteiger partial charge in [0.25, 0.3) is 0 Å². The van der Waals surface area contributed by atoms with E-state index in [2.05, 4.69) is 36.7 Å². The number of carbonyl (C=O) groups is 2. The Morgan fingerprint density at radius 2 is 1.29 bits per heavy atom. The van der Waals surface area contributed by atoms with Crippen LogP contribution in [0, 0.1) is 0 Å². The Morgan fingerprint density at radius 1 is 0.696 bits per heavy atom. The highest BCUT2D eigenvalue weighted by Crippen LogP contribution is 2.21. The number of aliphatic hydroxyl groups excluding tert-OH is 3. The van der Waals surface area contributed by atoms with E-state index in [9.17, 15) is 24.9 Å². The van der Waals surface area contributed by atoms with Crippen molar-refractivity contribution >= 4 is 17.5 Å². The summed E-state index contributed by atoms with van der Waals surface area (Å²) in [6.07, 6.45) is 0.748. The molecule has 16 nitrogen and oxygen atoms in total. The maximum Gasteiger partial charge on any atom is 0.224 e. The SMILES string of the molecule is CC(C)(C)NCCOCCOCCCOCCOCCOCCOCCC(=O)NCCCCCC(=O)Nc1ccc(CCOC2OC(CO)CC(O)[C@H]2O)cc1. The van der Waals surface area contributed by atoms with Gasteiger partial charge in [0.1, 0.15) is 6.10 Å². The highest BCUT2D eigenvalue weighted by Gasteiger charge is 2.37. The fraction of sp³-hybridized carbons (Fsp3) is 0.800. The van der Waals surface area contributed by atoms with Gasteiger partial charge in [-0.25, -0.2) is 0 Å². The normalized spacial score (nSPS) is 18.6. The van der Waals surface area contributed by atoms with Gasteiger partial charge in [0.15, 0.2) is 6.29 Å². The number of aliphatic hydroxyl groups is 3. The fourth-order valence-electron chi connectivity index (χ4n) is 5.36. The van der Waals surface area contributed by atoms with E-state index in [1.54, 1.807) is 0 Å². The first-order valence-corrected chi connectivity index (χ1v) is 20.2. The maximum absolute atomic E-state index is 12.4. The molecule has 4 atom stereocenters. The summed E-state index contributed by atoms with van der Waals surface area (Å²) >= 11 is 0.